The lowest BCUT2D eigenvalue weighted by molar-refractivity contribution is 0.603. The first kappa shape index (κ1) is 12.0. The zero-order chi connectivity index (χ0) is 11.1. The Morgan fingerprint density at radius 2 is 2.00 bits per heavy atom. The number of benzene rings is 1. The summed E-state index contributed by atoms with van der Waals surface area (Å²) < 4.78 is 0. The molecule has 82 valence electrons. The normalized spacial score (nSPS) is 12.4. The van der Waals surface area contributed by atoms with Crippen molar-refractivity contribution in [3.63, 3.8) is 0 Å². The molecule has 0 aromatic heterocycles. The lowest BCUT2D eigenvalue weighted by Gasteiger charge is -2.14. The Bertz CT molecular complexity index is 287. The predicted octanol–water partition coefficient (Wildman–Crippen LogP) is 3.48. The van der Waals surface area contributed by atoms with Crippen molar-refractivity contribution in [2.24, 2.45) is 0 Å². The summed E-state index contributed by atoms with van der Waals surface area (Å²) in [5.41, 5.74) is 2.77. The van der Waals surface area contributed by atoms with Gasteiger partial charge in [-0.15, -0.1) is 6.58 Å². The van der Waals surface area contributed by atoms with E-state index in [1.165, 1.54) is 24.0 Å². The largest absolute Gasteiger partial charge is 0.313 e. The van der Waals surface area contributed by atoms with Crippen LogP contribution >= 0.6 is 0 Å². The predicted molar refractivity (Wildman–Crippen MR) is 67.1 cm³/mol. The van der Waals surface area contributed by atoms with Gasteiger partial charge in [-0.25, -0.2) is 0 Å². The van der Waals surface area contributed by atoms with Gasteiger partial charge in [0.25, 0.3) is 0 Å². The second-order valence-corrected chi connectivity index (χ2v) is 3.86. The van der Waals surface area contributed by atoms with Gasteiger partial charge in [0.1, 0.15) is 0 Å². The Morgan fingerprint density at radius 3 is 2.47 bits per heavy atom. The minimum Gasteiger partial charge on any atom is -0.313 e. The van der Waals surface area contributed by atoms with E-state index < -0.39 is 0 Å². The molecule has 1 heteroatoms. The maximum Gasteiger partial charge on any atom is 0.0352 e. The van der Waals surface area contributed by atoms with Crippen molar-refractivity contribution in [1.29, 1.82) is 0 Å². The molecule has 0 spiro atoms. The van der Waals surface area contributed by atoms with E-state index in [0.29, 0.717) is 6.04 Å². The van der Waals surface area contributed by atoms with Crippen LogP contribution in [0.2, 0.25) is 0 Å². The van der Waals surface area contributed by atoms with Gasteiger partial charge in [0.15, 0.2) is 0 Å². The van der Waals surface area contributed by atoms with Crippen LogP contribution in [0.1, 0.15) is 36.9 Å². The van der Waals surface area contributed by atoms with E-state index in [4.69, 9.17) is 0 Å². The van der Waals surface area contributed by atoms with Gasteiger partial charge in [0.2, 0.25) is 0 Å². The van der Waals surface area contributed by atoms with Crippen molar-refractivity contribution in [3.05, 3.63) is 48.0 Å². The molecule has 0 bridgehead atoms. The van der Waals surface area contributed by atoms with E-state index in [-0.39, 0.29) is 0 Å². The minimum atomic E-state index is 0.401. The van der Waals surface area contributed by atoms with E-state index in [0.717, 1.165) is 6.42 Å². The van der Waals surface area contributed by atoms with E-state index >= 15 is 0 Å². The van der Waals surface area contributed by atoms with Crippen molar-refractivity contribution in [2.45, 2.75) is 32.2 Å². The van der Waals surface area contributed by atoms with Gasteiger partial charge in [-0.2, -0.15) is 0 Å². The first-order valence-electron chi connectivity index (χ1n) is 5.68. The summed E-state index contributed by atoms with van der Waals surface area (Å²) in [6, 6.07) is 9.29. The van der Waals surface area contributed by atoms with Crippen LogP contribution in [0.4, 0.5) is 0 Å². The summed E-state index contributed by atoms with van der Waals surface area (Å²) in [4.78, 5) is 0. The third kappa shape index (κ3) is 3.52. The molecule has 0 aliphatic heterocycles. The summed E-state index contributed by atoms with van der Waals surface area (Å²) in [7, 11) is 1.99. The van der Waals surface area contributed by atoms with Gasteiger partial charge in [0.05, 0.1) is 0 Å². The average molecular weight is 203 g/mol. The van der Waals surface area contributed by atoms with Gasteiger partial charge in [-0.1, -0.05) is 43.7 Å². The van der Waals surface area contributed by atoms with Crippen LogP contribution in [-0.2, 0) is 6.42 Å². The molecular formula is C14H21N. The topological polar surface area (TPSA) is 12.0 Å². The van der Waals surface area contributed by atoms with Crippen molar-refractivity contribution in [1.82, 2.24) is 5.32 Å². The van der Waals surface area contributed by atoms with Gasteiger partial charge in [-0.05, 0) is 31.0 Å². The quantitative estimate of drug-likeness (QED) is 0.698. The van der Waals surface area contributed by atoms with Crippen LogP contribution in [0.3, 0.4) is 0 Å². The average Bonchev–Trinajstić information content (AvgIpc) is 2.28. The molecule has 0 amide bonds. The molecule has 1 unspecified atom stereocenters. The summed E-state index contributed by atoms with van der Waals surface area (Å²) in [5.74, 6) is 0. The monoisotopic (exact) mass is 203 g/mol. The first-order chi connectivity index (χ1) is 7.31. The highest BCUT2D eigenvalue weighted by molar-refractivity contribution is 5.25. The van der Waals surface area contributed by atoms with Crippen LogP contribution in [0.5, 0.6) is 0 Å². The summed E-state index contributed by atoms with van der Waals surface area (Å²) in [6.07, 6.45) is 5.32. The zero-order valence-corrected chi connectivity index (χ0v) is 9.79. The highest BCUT2D eigenvalue weighted by Gasteiger charge is 2.06. The maximum atomic E-state index is 3.78. The third-order valence-electron chi connectivity index (χ3n) is 2.67. The maximum absolute atomic E-state index is 3.78. The van der Waals surface area contributed by atoms with Crippen molar-refractivity contribution >= 4 is 0 Å². The Labute approximate surface area is 93.2 Å². The third-order valence-corrected chi connectivity index (χ3v) is 2.67. The molecule has 15 heavy (non-hydrogen) atoms. The molecule has 1 atom stereocenters. The highest BCUT2D eigenvalue weighted by atomic mass is 14.9. The van der Waals surface area contributed by atoms with E-state index in [1.807, 2.05) is 13.1 Å². The first-order valence-corrected chi connectivity index (χ1v) is 5.68. The van der Waals surface area contributed by atoms with Gasteiger partial charge < -0.3 is 5.32 Å². The molecule has 0 aliphatic rings. The van der Waals surface area contributed by atoms with Crippen LogP contribution in [0.15, 0.2) is 36.9 Å². The molecule has 0 saturated heterocycles. The number of hydrogen-bond acceptors (Lipinski definition) is 1. The fourth-order valence-electron chi connectivity index (χ4n) is 1.79. The van der Waals surface area contributed by atoms with Crippen molar-refractivity contribution in [3.8, 4) is 0 Å². The van der Waals surface area contributed by atoms with E-state index in [2.05, 4.69) is 43.1 Å². The Morgan fingerprint density at radius 1 is 1.33 bits per heavy atom. The standard InChI is InChI=1S/C14H21N/c1-4-6-12-8-10-13(11-9-12)14(15-3)7-5-2/h5,8-11,14-15H,2,4,6-7H2,1,3H3. The zero-order valence-electron chi connectivity index (χ0n) is 9.79. The summed E-state index contributed by atoms with van der Waals surface area (Å²) in [5, 5.41) is 3.30. The molecule has 1 aromatic carbocycles. The van der Waals surface area contributed by atoms with E-state index in [9.17, 15) is 0 Å². The number of aryl methyl sites for hydroxylation is 1. The van der Waals surface area contributed by atoms with Crippen LogP contribution < -0.4 is 5.32 Å². The van der Waals surface area contributed by atoms with Gasteiger partial charge >= 0.3 is 0 Å². The minimum absolute atomic E-state index is 0.401. The van der Waals surface area contributed by atoms with Crippen molar-refractivity contribution in [2.75, 3.05) is 7.05 Å². The Kier molecular flexibility index (Phi) is 5.13. The molecule has 0 heterocycles. The fourth-order valence-corrected chi connectivity index (χ4v) is 1.79. The van der Waals surface area contributed by atoms with Gasteiger partial charge in [0, 0.05) is 6.04 Å². The molecular weight excluding hydrogens is 182 g/mol. The molecule has 1 N–H and O–H groups in total. The van der Waals surface area contributed by atoms with Crippen LogP contribution in [0, 0.1) is 0 Å². The summed E-state index contributed by atoms with van der Waals surface area (Å²) >= 11 is 0. The van der Waals surface area contributed by atoms with E-state index in [1.54, 1.807) is 0 Å². The van der Waals surface area contributed by atoms with Crippen LogP contribution in [-0.4, -0.2) is 7.05 Å². The molecule has 0 aliphatic carbocycles. The Balaban J connectivity index is 2.72. The van der Waals surface area contributed by atoms with Gasteiger partial charge in [-0.3, -0.25) is 0 Å². The lowest BCUT2D eigenvalue weighted by Crippen LogP contribution is -2.15. The molecule has 0 saturated carbocycles. The smallest absolute Gasteiger partial charge is 0.0352 e. The molecule has 1 rings (SSSR count). The molecule has 0 radical (unpaired) electrons. The molecule has 1 nitrogen and oxygen atoms in total. The highest BCUT2D eigenvalue weighted by Crippen LogP contribution is 2.17. The fraction of sp³-hybridized carbons (Fsp3) is 0.429. The second kappa shape index (κ2) is 6.41. The van der Waals surface area contributed by atoms with Crippen LogP contribution in [0.25, 0.3) is 0 Å². The number of hydrogen-bond donors (Lipinski definition) is 1. The SMILES string of the molecule is C=CCC(NC)c1ccc(CCC)cc1. The number of rotatable bonds is 6. The molecule has 0 fully saturated rings. The second-order valence-electron chi connectivity index (χ2n) is 3.86. The lowest BCUT2D eigenvalue weighted by atomic mass is 10.0. The van der Waals surface area contributed by atoms with Crippen molar-refractivity contribution < 1.29 is 0 Å². The number of nitrogens with one attached hydrogen (secondary N) is 1. The molecule has 1 aromatic rings. The summed E-state index contributed by atoms with van der Waals surface area (Å²) in [6.45, 7) is 5.99. The Hall–Kier alpha value is -1.08.